The Hall–Kier alpha value is -1.37. The summed E-state index contributed by atoms with van der Waals surface area (Å²) in [5.74, 6) is -1.03. The van der Waals surface area contributed by atoms with Gasteiger partial charge in [0.25, 0.3) is 0 Å². The van der Waals surface area contributed by atoms with Crippen molar-refractivity contribution in [3.8, 4) is 9.88 Å². The number of ketones is 2. The van der Waals surface area contributed by atoms with Crippen LogP contribution in [0.25, 0.3) is 9.88 Å². The molecule has 0 amide bonds. The largest absolute Gasteiger partial charge is 0.373 e. The standard InChI is InChI=1S/C17H15NO3S2/c1-7-14(18-17(23-7)10-3-2-6-22-10)13-15(19)11-8-4-5-9(21-8)12(11)16(13)20/h2-3,6,8-9,11-13H,4-5H2,1H3/t8-,9+,11+,12-,13?. The molecule has 4 nitrogen and oxygen atoms in total. The molecule has 23 heavy (non-hydrogen) atoms. The number of carbonyl (C=O) groups is 2. The molecule has 3 aliphatic rings. The van der Waals surface area contributed by atoms with Crippen LogP contribution in [0.4, 0.5) is 0 Å². The second kappa shape index (κ2) is 4.82. The molecule has 1 unspecified atom stereocenters. The number of thiazole rings is 1. The molecule has 5 rings (SSSR count). The Labute approximate surface area is 141 Å². The third kappa shape index (κ3) is 1.83. The molecule has 0 radical (unpaired) electrons. The maximum absolute atomic E-state index is 12.9. The van der Waals surface area contributed by atoms with E-state index in [4.69, 9.17) is 4.74 Å². The average Bonchev–Trinajstić information content (AvgIpc) is 3.30. The predicted octanol–water partition coefficient (Wildman–Crippen LogP) is 3.21. The number of fused-ring (bicyclic) bond motifs is 5. The van der Waals surface area contributed by atoms with E-state index < -0.39 is 5.92 Å². The molecule has 2 bridgehead atoms. The van der Waals surface area contributed by atoms with E-state index in [2.05, 4.69) is 4.98 Å². The van der Waals surface area contributed by atoms with E-state index in [0.717, 1.165) is 27.6 Å². The van der Waals surface area contributed by atoms with Crippen LogP contribution < -0.4 is 0 Å². The van der Waals surface area contributed by atoms with Gasteiger partial charge in [-0.1, -0.05) is 6.07 Å². The Balaban J connectivity index is 1.55. The van der Waals surface area contributed by atoms with Crippen molar-refractivity contribution in [2.75, 3.05) is 0 Å². The van der Waals surface area contributed by atoms with Crippen LogP contribution in [0.1, 0.15) is 29.3 Å². The van der Waals surface area contributed by atoms with Crippen LogP contribution in [-0.4, -0.2) is 28.8 Å². The fourth-order valence-corrected chi connectivity index (χ4v) is 6.12. The summed E-state index contributed by atoms with van der Waals surface area (Å²) in [6, 6.07) is 4.01. The minimum absolute atomic E-state index is 0.0397. The summed E-state index contributed by atoms with van der Waals surface area (Å²) in [5.41, 5.74) is 0.683. The molecule has 0 spiro atoms. The number of ether oxygens (including phenoxy) is 1. The lowest BCUT2D eigenvalue weighted by atomic mass is 9.81. The first-order valence-electron chi connectivity index (χ1n) is 7.89. The molecule has 4 heterocycles. The number of thiophene rings is 1. The summed E-state index contributed by atoms with van der Waals surface area (Å²) < 4.78 is 5.80. The van der Waals surface area contributed by atoms with Crippen molar-refractivity contribution in [2.24, 2.45) is 11.8 Å². The number of hydrogen-bond donors (Lipinski definition) is 0. The summed E-state index contributed by atoms with van der Waals surface area (Å²) in [6.45, 7) is 1.96. The third-order valence-corrected chi connectivity index (χ3v) is 7.36. The second-order valence-electron chi connectivity index (χ2n) is 6.52. The predicted molar refractivity (Wildman–Crippen MR) is 87.8 cm³/mol. The van der Waals surface area contributed by atoms with E-state index in [1.54, 1.807) is 22.7 Å². The van der Waals surface area contributed by atoms with Crippen molar-refractivity contribution < 1.29 is 14.3 Å². The number of carbonyl (C=O) groups excluding carboxylic acids is 2. The molecule has 3 fully saturated rings. The summed E-state index contributed by atoms with van der Waals surface area (Å²) >= 11 is 3.20. The van der Waals surface area contributed by atoms with Crippen molar-refractivity contribution >= 4 is 34.2 Å². The molecule has 5 atom stereocenters. The van der Waals surface area contributed by atoms with Crippen LogP contribution >= 0.6 is 22.7 Å². The zero-order valence-electron chi connectivity index (χ0n) is 12.5. The fraction of sp³-hybridized carbons (Fsp3) is 0.471. The molecule has 1 saturated carbocycles. The number of aryl methyl sites for hydroxylation is 1. The highest BCUT2D eigenvalue weighted by Gasteiger charge is 2.63. The fourth-order valence-electron chi connectivity index (χ4n) is 4.38. The van der Waals surface area contributed by atoms with Crippen molar-refractivity contribution in [3.63, 3.8) is 0 Å². The smallest absolute Gasteiger partial charge is 0.155 e. The maximum Gasteiger partial charge on any atom is 0.155 e. The van der Waals surface area contributed by atoms with Gasteiger partial charge < -0.3 is 4.74 Å². The molecule has 6 heteroatoms. The van der Waals surface area contributed by atoms with Crippen LogP contribution in [-0.2, 0) is 14.3 Å². The van der Waals surface area contributed by atoms with Gasteiger partial charge in [0.2, 0.25) is 0 Å². The molecule has 0 aromatic carbocycles. The van der Waals surface area contributed by atoms with Gasteiger partial charge in [0, 0.05) is 4.88 Å². The summed E-state index contributed by atoms with van der Waals surface area (Å²) in [7, 11) is 0. The van der Waals surface area contributed by atoms with Crippen LogP contribution in [0.2, 0.25) is 0 Å². The minimum atomic E-state index is -0.665. The number of nitrogens with zero attached hydrogens (tertiary/aromatic N) is 1. The molecule has 2 saturated heterocycles. The topological polar surface area (TPSA) is 56.3 Å². The maximum atomic E-state index is 12.9. The van der Waals surface area contributed by atoms with E-state index in [-0.39, 0.29) is 35.6 Å². The van der Waals surface area contributed by atoms with E-state index in [9.17, 15) is 9.59 Å². The SMILES string of the molecule is Cc1sc(-c2cccs2)nc1C1C(=O)[C@@H]2[C@H](C1=O)[C@@H]1CC[C@H]2O1. The van der Waals surface area contributed by atoms with Gasteiger partial charge in [-0.3, -0.25) is 9.59 Å². The Morgan fingerprint density at radius 1 is 1.17 bits per heavy atom. The molecule has 1 aliphatic carbocycles. The van der Waals surface area contributed by atoms with Crippen LogP contribution in [0.15, 0.2) is 17.5 Å². The van der Waals surface area contributed by atoms with Gasteiger partial charge in [0.1, 0.15) is 10.9 Å². The van der Waals surface area contributed by atoms with Gasteiger partial charge in [-0.25, -0.2) is 4.98 Å². The average molecular weight is 345 g/mol. The Kier molecular flexibility index (Phi) is 2.93. The van der Waals surface area contributed by atoms with E-state index >= 15 is 0 Å². The lowest BCUT2D eigenvalue weighted by Crippen LogP contribution is -2.29. The van der Waals surface area contributed by atoms with E-state index in [1.807, 2.05) is 24.4 Å². The Bertz CT molecular complexity index is 782. The van der Waals surface area contributed by atoms with Gasteiger partial charge in [0.05, 0.1) is 34.6 Å². The molecular formula is C17H15NO3S2. The lowest BCUT2D eigenvalue weighted by Gasteiger charge is -2.16. The summed E-state index contributed by atoms with van der Waals surface area (Å²) in [6.07, 6.45) is 1.74. The molecule has 0 N–H and O–H groups in total. The van der Waals surface area contributed by atoms with Gasteiger partial charge in [-0.2, -0.15) is 0 Å². The first-order chi connectivity index (χ1) is 11.1. The Morgan fingerprint density at radius 2 is 1.87 bits per heavy atom. The first-order valence-corrected chi connectivity index (χ1v) is 9.59. The zero-order chi connectivity index (χ0) is 15.7. The van der Waals surface area contributed by atoms with Gasteiger partial charge in [-0.15, -0.1) is 22.7 Å². The number of rotatable bonds is 2. The molecule has 2 aliphatic heterocycles. The minimum Gasteiger partial charge on any atom is -0.373 e. The highest BCUT2D eigenvalue weighted by molar-refractivity contribution is 7.21. The van der Waals surface area contributed by atoms with Gasteiger partial charge in [0.15, 0.2) is 11.6 Å². The molecule has 2 aromatic heterocycles. The van der Waals surface area contributed by atoms with Crippen molar-refractivity contribution in [3.05, 3.63) is 28.1 Å². The van der Waals surface area contributed by atoms with Crippen LogP contribution in [0, 0.1) is 18.8 Å². The number of aromatic nitrogens is 1. The van der Waals surface area contributed by atoms with Crippen molar-refractivity contribution in [1.29, 1.82) is 0 Å². The normalized spacial score (nSPS) is 35.3. The van der Waals surface area contributed by atoms with E-state index in [1.165, 1.54) is 0 Å². The quantitative estimate of drug-likeness (QED) is 0.784. The molecular weight excluding hydrogens is 330 g/mol. The van der Waals surface area contributed by atoms with Crippen molar-refractivity contribution in [1.82, 2.24) is 4.98 Å². The molecule has 118 valence electrons. The first kappa shape index (κ1) is 14.0. The van der Waals surface area contributed by atoms with Gasteiger partial charge >= 0.3 is 0 Å². The monoisotopic (exact) mass is 345 g/mol. The Morgan fingerprint density at radius 3 is 2.48 bits per heavy atom. The number of Topliss-reactive ketones (excluding diaryl/α,β-unsaturated/α-hetero) is 2. The molecule has 2 aromatic rings. The number of hydrogen-bond acceptors (Lipinski definition) is 6. The van der Waals surface area contributed by atoms with E-state index in [0.29, 0.717) is 5.69 Å². The van der Waals surface area contributed by atoms with Crippen LogP contribution in [0.5, 0.6) is 0 Å². The van der Waals surface area contributed by atoms with Crippen LogP contribution in [0.3, 0.4) is 0 Å². The lowest BCUT2D eigenvalue weighted by molar-refractivity contribution is -0.127. The summed E-state index contributed by atoms with van der Waals surface area (Å²) in [4.78, 5) is 32.6. The highest BCUT2D eigenvalue weighted by Crippen LogP contribution is 2.52. The summed E-state index contributed by atoms with van der Waals surface area (Å²) in [5, 5.41) is 2.92. The second-order valence-corrected chi connectivity index (χ2v) is 8.67. The van der Waals surface area contributed by atoms with Crippen molar-refractivity contribution in [2.45, 2.75) is 37.9 Å². The van der Waals surface area contributed by atoms with Gasteiger partial charge in [-0.05, 0) is 31.2 Å². The highest BCUT2D eigenvalue weighted by atomic mass is 32.1. The third-order valence-electron chi connectivity index (χ3n) is 5.34. The zero-order valence-corrected chi connectivity index (χ0v) is 14.2.